The van der Waals surface area contributed by atoms with Gasteiger partial charge in [0.15, 0.2) is 0 Å². The fraction of sp³-hybridized carbons (Fsp3) is 0.143. The summed E-state index contributed by atoms with van der Waals surface area (Å²) in [6, 6.07) is 7.13. The highest BCUT2D eigenvalue weighted by molar-refractivity contribution is 7.89. The second kappa shape index (κ2) is 6.84. The Morgan fingerprint density at radius 2 is 1.87 bits per heavy atom. The van der Waals surface area contributed by atoms with Crippen LogP contribution in [0.2, 0.25) is 10.0 Å². The Morgan fingerprint density at radius 1 is 1.17 bits per heavy atom. The van der Waals surface area contributed by atoms with Crippen molar-refractivity contribution in [1.29, 1.82) is 0 Å². The van der Waals surface area contributed by atoms with Crippen LogP contribution in [0.1, 0.15) is 10.4 Å². The minimum absolute atomic E-state index is 0.0415. The van der Waals surface area contributed by atoms with Crippen LogP contribution in [0.5, 0.6) is 0 Å². The van der Waals surface area contributed by atoms with Gasteiger partial charge in [0, 0.05) is 25.9 Å². The molecule has 2 rings (SSSR count). The third-order valence-electron chi connectivity index (χ3n) is 2.92. The van der Waals surface area contributed by atoms with Gasteiger partial charge in [0.2, 0.25) is 10.0 Å². The SMILES string of the molecule is CN(C)S(=O)(=O)c1cc(C(=O)Nc2ccc(Cl)cn2)ccc1Cl. The second-order valence-corrected chi connectivity index (χ2v) is 7.71. The molecule has 0 atom stereocenters. The number of sulfonamides is 1. The number of amides is 1. The summed E-state index contributed by atoms with van der Waals surface area (Å²) in [4.78, 5) is 16.0. The molecule has 0 aliphatic heterocycles. The van der Waals surface area contributed by atoms with Crippen molar-refractivity contribution >= 4 is 45.0 Å². The molecule has 9 heteroatoms. The number of halogens is 2. The first kappa shape index (κ1) is 17.7. The van der Waals surface area contributed by atoms with Crippen molar-refractivity contribution in [3.05, 3.63) is 52.1 Å². The molecular formula is C14H13Cl2N3O3S. The van der Waals surface area contributed by atoms with Gasteiger partial charge in [-0.3, -0.25) is 4.79 Å². The molecule has 1 heterocycles. The van der Waals surface area contributed by atoms with Gasteiger partial charge in [-0.15, -0.1) is 0 Å². The van der Waals surface area contributed by atoms with Crippen molar-refractivity contribution in [3.8, 4) is 0 Å². The summed E-state index contributed by atoms with van der Waals surface area (Å²) in [7, 11) is -0.984. The van der Waals surface area contributed by atoms with Crippen LogP contribution >= 0.6 is 23.2 Å². The summed E-state index contributed by atoms with van der Waals surface area (Å²) in [6.07, 6.45) is 1.39. The van der Waals surface area contributed by atoms with Crippen LogP contribution in [-0.2, 0) is 10.0 Å². The zero-order chi connectivity index (χ0) is 17.2. The molecule has 0 aliphatic rings. The molecule has 1 N–H and O–H groups in total. The van der Waals surface area contributed by atoms with Gasteiger partial charge in [0.05, 0.1) is 10.0 Å². The Hall–Kier alpha value is -1.67. The number of hydrogen-bond donors (Lipinski definition) is 1. The Kier molecular flexibility index (Phi) is 5.26. The van der Waals surface area contributed by atoms with Crippen molar-refractivity contribution < 1.29 is 13.2 Å². The van der Waals surface area contributed by atoms with Gasteiger partial charge < -0.3 is 5.32 Å². The lowest BCUT2D eigenvalue weighted by molar-refractivity contribution is 0.102. The lowest BCUT2D eigenvalue weighted by Gasteiger charge is -2.13. The molecule has 1 aromatic heterocycles. The van der Waals surface area contributed by atoms with Gasteiger partial charge in [-0.2, -0.15) is 0 Å². The number of nitrogens with zero attached hydrogens (tertiary/aromatic N) is 2. The number of nitrogens with one attached hydrogen (secondary N) is 1. The number of carbonyl (C=O) groups excluding carboxylic acids is 1. The van der Waals surface area contributed by atoms with Crippen molar-refractivity contribution in [2.45, 2.75) is 4.90 Å². The van der Waals surface area contributed by atoms with Crippen molar-refractivity contribution in [1.82, 2.24) is 9.29 Å². The number of anilines is 1. The van der Waals surface area contributed by atoms with Crippen LogP contribution in [0, 0.1) is 0 Å². The Balaban J connectivity index is 2.33. The van der Waals surface area contributed by atoms with Gasteiger partial charge >= 0.3 is 0 Å². The van der Waals surface area contributed by atoms with E-state index in [1.165, 1.54) is 44.6 Å². The van der Waals surface area contributed by atoms with E-state index in [0.29, 0.717) is 10.8 Å². The van der Waals surface area contributed by atoms with Crippen LogP contribution in [-0.4, -0.2) is 37.7 Å². The average Bonchev–Trinajstić information content (AvgIpc) is 2.49. The van der Waals surface area contributed by atoms with Crippen LogP contribution in [0.4, 0.5) is 5.82 Å². The zero-order valence-electron chi connectivity index (χ0n) is 12.2. The van der Waals surface area contributed by atoms with Crippen molar-refractivity contribution in [3.63, 3.8) is 0 Å². The predicted octanol–water partition coefficient (Wildman–Crippen LogP) is 2.89. The first-order valence-corrected chi connectivity index (χ1v) is 8.56. The number of benzene rings is 1. The van der Waals surface area contributed by atoms with Gasteiger partial charge in [-0.1, -0.05) is 23.2 Å². The van der Waals surface area contributed by atoms with Crippen LogP contribution < -0.4 is 5.32 Å². The molecule has 0 radical (unpaired) electrons. The molecule has 23 heavy (non-hydrogen) atoms. The van der Waals surface area contributed by atoms with E-state index in [4.69, 9.17) is 23.2 Å². The number of hydrogen-bond acceptors (Lipinski definition) is 4. The first-order chi connectivity index (χ1) is 10.7. The monoisotopic (exact) mass is 373 g/mol. The molecule has 6 nitrogen and oxygen atoms in total. The van der Waals surface area contributed by atoms with E-state index in [2.05, 4.69) is 10.3 Å². The van der Waals surface area contributed by atoms with Crippen LogP contribution in [0.15, 0.2) is 41.4 Å². The zero-order valence-corrected chi connectivity index (χ0v) is 14.6. The molecule has 0 spiro atoms. The predicted molar refractivity (Wildman–Crippen MR) is 89.5 cm³/mol. The largest absolute Gasteiger partial charge is 0.307 e. The Bertz CT molecular complexity index is 837. The van der Waals surface area contributed by atoms with Gasteiger partial charge in [-0.05, 0) is 30.3 Å². The Morgan fingerprint density at radius 3 is 2.43 bits per heavy atom. The quantitative estimate of drug-likeness (QED) is 0.893. The smallest absolute Gasteiger partial charge is 0.256 e. The maximum atomic E-state index is 12.2. The fourth-order valence-electron chi connectivity index (χ4n) is 1.68. The molecule has 0 fully saturated rings. The highest BCUT2D eigenvalue weighted by Gasteiger charge is 2.22. The molecule has 0 unspecified atom stereocenters. The molecule has 0 aliphatic carbocycles. The van der Waals surface area contributed by atoms with Gasteiger partial charge in [0.25, 0.3) is 5.91 Å². The highest BCUT2D eigenvalue weighted by Crippen LogP contribution is 2.25. The van der Waals surface area contributed by atoms with E-state index in [-0.39, 0.29) is 15.5 Å². The van der Waals surface area contributed by atoms with E-state index in [1.54, 1.807) is 6.07 Å². The maximum Gasteiger partial charge on any atom is 0.256 e. The van der Waals surface area contributed by atoms with E-state index in [9.17, 15) is 13.2 Å². The Labute approximate surface area is 144 Å². The summed E-state index contributed by atoms with van der Waals surface area (Å²) in [6.45, 7) is 0. The molecule has 122 valence electrons. The number of rotatable bonds is 4. The molecule has 0 bridgehead atoms. The van der Waals surface area contributed by atoms with Crippen molar-refractivity contribution in [2.75, 3.05) is 19.4 Å². The standard InChI is InChI=1S/C14H13Cl2N3O3S/c1-19(2)23(21,22)12-7-9(3-5-11(12)16)14(20)18-13-6-4-10(15)8-17-13/h3-8H,1-2H3,(H,17,18,20). The molecule has 1 aromatic carbocycles. The summed E-state index contributed by atoms with van der Waals surface area (Å²) >= 11 is 11.7. The minimum atomic E-state index is -3.75. The normalized spacial score (nSPS) is 11.5. The first-order valence-electron chi connectivity index (χ1n) is 6.37. The molecule has 2 aromatic rings. The minimum Gasteiger partial charge on any atom is -0.307 e. The summed E-state index contributed by atoms with van der Waals surface area (Å²) in [5, 5.41) is 3.03. The average molecular weight is 374 g/mol. The molecule has 0 saturated carbocycles. The lowest BCUT2D eigenvalue weighted by atomic mass is 10.2. The van der Waals surface area contributed by atoms with E-state index >= 15 is 0 Å². The fourth-order valence-corrected chi connectivity index (χ4v) is 3.18. The number of carbonyl (C=O) groups is 1. The van der Waals surface area contributed by atoms with Crippen molar-refractivity contribution in [2.24, 2.45) is 0 Å². The summed E-state index contributed by atoms with van der Waals surface area (Å²) in [5.74, 6) is -0.210. The summed E-state index contributed by atoms with van der Waals surface area (Å²) < 4.78 is 25.4. The number of pyridine rings is 1. The van der Waals surface area contributed by atoms with Gasteiger partial charge in [-0.25, -0.2) is 17.7 Å². The van der Waals surface area contributed by atoms with Crippen LogP contribution in [0.25, 0.3) is 0 Å². The highest BCUT2D eigenvalue weighted by atomic mass is 35.5. The lowest BCUT2D eigenvalue weighted by Crippen LogP contribution is -2.23. The molecule has 0 saturated heterocycles. The summed E-state index contributed by atoms with van der Waals surface area (Å²) in [5.41, 5.74) is 0.145. The maximum absolute atomic E-state index is 12.2. The number of aromatic nitrogens is 1. The van der Waals surface area contributed by atoms with E-state index < -0.39 is 15.9 Å². The third-order valence-corrected chi connectivity index (χ3v) is 5.44. The molecular weight excluding hydrogens is 361 g/mol. The van der Waals surface area contributed by atoms with E-state index in [0.717, 1.165) is 4.31 Å². The van der Waals surface area contributed by atoms with Gasteiger partial charge in [0.1, 0.15) is 10.7 Å². The van der Waals surface area contributed by atoms with Crippen LogP contribution in [0.3, 0.4) is 0 Å². The van der Waals surface area contributed by atoms with E-state index in [1.807, 2.05) is 0 Å². The topological polar surface area (TPSA) is 79.4 Å². The second-order valence-electron chi connectivity index (χ2n) is 4.75. The third kappa shape index (κ3) is 4.00. The molecule has 1 amide bonds.